The number of carbonyl (C=O) groups is 3. The summed E-state index contributed by atoms with van der Waals surface area (Å²) in [6, 6.07) is 0. The zero-order valence-corrected chi connectivity index (χ0v) is 41.4. The largest absolute Gasteiger partial charge is 0.462 e. The van der Waals surface area contributed by atoms with Crippen molar-refractivity contribution in [2.75, 3.05) is 13.2 Å². The summed E-state index contributed by atoms with van der Waals surface area (Å²) < 4.78 is 16.7. The highest BCUT2D eigenvalue weighted by molar-refractivity contribution is 5.71. The minimum atomic E-state index is -0.819. The smallest absolute Gasteiger partial charge is 0.306 e. The Morgan fingerprint density at radius 1 is 0.323 bits per heavy atom. The van der Waals surface area contributed by atoms with Gasteiger partial charge in [-0.1, -0.05) is 225 Å². The maximum atomic E-state index is 12.8. The van der Waals surface area contributed by atoms with Crippen molar-refractivity contribution in [2.45, 2.75) is 207 Å². The molecule has 0 bridgehead atoms. The Kier molecular flexibility index (Phi) is 48.6. The lowest BCUT2D eigenvalue weighted by Gasteiger charge is -2.18. The number of hydrogen-bond donors (Lipinski definition) is 0. The molecule has 0 aliphatic heterocycles. The van der Waals surface area contributed by atoms with Gasteiger partial charge in [0.05, 0.1) is 0 Å². The van der Waals surface area contributed by atoms with Gasteiger partial charge in [-0.3, -0.25) is 14.4 Å². The van der Waals surface area contributed by atoms with Gasteiger partial charge >= 0.3 is 17.9 Å². The average Bonchev–Trinajstić information content (AvgIpc) is 3.30. The molecule has 364 valence electrons. The highest BCUT2D eigenvalue weighted by Gasteiger charge is 2.19. The lowest BCUT2D eigenvalue weighted by Crippen LogP contribution is -2.30. The average molecular weight is 897 g/mol. The van der Waals surface area contributed by atoms with Gasteiger partial charge in [-0.05, 0) is 89.9 Å². The van der Waals surface area contributed by atoms with E-state index in [4.69, 9.17) is 14.2 Å². The van der Waals surface area contributed by atoms with Crippen LogP contribution in [0.5, 0.6) is 0 Å². The summed E-state index contributed by atoms with van der Waals surface area (Å²) in [6.45, 7) is 6.34. The fourth-order valence-electron chi connectivity index (χ4n) is 6.48. The molecule has 0 spiro atoms. The Hall–Kier alpha value is -4.45. The van der Waals surface area contributed by atoms with E-state index in [9.17, 15) is 14.4 Å². The van der Waals surface area contributed by atoms with Crippen LogP contribution in [0.25, 0.3) is 0 Å². The molecule has 6 heteroatoms. The Labute approximate surface area is 398 Å². The van der Waals surface area contributed by atoms with Crippen LogP contribution in [0.1, 0.15) is 201 Å². The van der Waals surface area contributed by atoms with Gasteiger partial charge in [0.1, 0.15) is 13.2 Å². The second-order valence-corrected chi connectivity index (χ2v) is 16.6. The summed E-state index contributed by atoms with van der Waals surface area (Å²) in [4.78, 5) is 38.0. The third-order valence-corrected chi connectivity index (χ3v) is 10.4. The number of allylic oxidation sites excluding steroid dienone is 22. The summed E-state index contributed by atoms with van der Waals surface area (Å²) in [6.07, 6.45) is 72.8. The van der Waals surface area contributed by atoms with Crippen molar-refractivity contribution in [3.05, 3.63) is 134 Å². The van der Waals surface area contributed by atoms with Gasteiger partial charge in [0.25, 0.3) is 0 Å². The van der Waals surface area contributed by atoms with E-state index < -0.39 is 6.10 Å². The highest BCUT2D eigenvalue weighted by Crippen LogP contribution is 2.12. The summed E-state index contributed by atoms with van der Waals surface area (Å²) in [5.74, 6) is -1.000. The first-order valence-corrected chi connectivity index (χ1v) is 25.8. The Morgan fingerprint density at radius 3 is 1.00 bits per heavy atom. The lowest BCUT2D eigenvalue weighted by molar-refractivity contribution is -0.167. The van der Waals surface area contributed by atoms with Crippen LogP contribution in [0.4, 0.5) is 0 Å². The fourth-order valence-corrected chi connectivity index (χ4v) is 6.48. The first kappa shape index (κ1) is 60.6. The maximum absolute atomic E-state index is 12.8. The molecule has 0 amide bonds. The van der Waals surface area contributed by atoms with E-state index in [-0.39, 0.29) is 37.5 Å². The minimum Gasteiger partial charge on any atom is -0.462 e. The quantitative estimate of drug-likeness (QED) is 0.0199. The van der Waals surface area contributed by atoms with E-state index in [1.165, 1.54) is 51.4 Å². The number of unbranched alkanes of at least 4 members (excludes halogenated alkanes) is 19. The Balaban J connectivity index is 4.57. The van der Waals surface area contributed by atoms with Crippen LogP contribution in [0, 0.1) is 0 Å². The zero-order chi connectivity index (χ0) is 47.2. The highest BCUT2D eigenvalue weighted by atomic mass is 16.6. The molecule has 0 heterocycles. The third kappa shape index (κ3) is 50.4. The molecule has 0 aromatic heterocycles. The first-order chi connectivity index (χ1) is 32.0. The van der Waals surface area contributed by atoms with E-state index in [2.05, 4.69) is 93.7 Å². The maximum Gasteiger partial charge on any atom is 0.306 e. The van der Waals surface area contributed by atoms with Crippen molar-refractivity contribution in [2.24, 2.45) is 0 Å². The summed E-state index contributed by atoms with van der Waals surface area (Å²) >= 11 is 0. The standard InChI is InChI=1S/C59H92O6/c1-4-7-10-13-16-19-22-25-27-29-31-32-34-37-40-43-46-49-52-58(61)64-55-56(54-63-57(60)51-48-45-42-39-36-24-21-18-15-12-9-6-3)65-59(62)53-50-47-44-41-38-35-33-30-28-26-23-20-17-14-11-8-5-2/h8,11,14,16-23,25-33,35,38,56H,4-7,9-10,12-13,15,24,34,36-37,39-55H2,1-3H3/b11-8-,17-14-,19-16-,21-18-,23-20-,25-22-,28-26-,29-27-,32-31-,33-30+,38-35-. The molecule has 0 fully saturated rings. The molecule has 0 aliphatic rings. The molecule has 0 radical (unpaired) electrons. The second-order valence-electron chi connectivity index (χ2n) is 16.6. The predicted octanol–water partition coefficient (Wildman–Crippen LogP) is 17.1. The molecule has 0 saturated carbocycles. The van der Waals surface area contributed by atoms with Crippen molar-refractivity contribution in [3.8, 4) is 0 Å². The number of esters is 3. The van der Waals surface area contributed by atoms with Crippen molar-refractivity contribution in [1.29, 1.82) is 0 Å². The van der Waals surface area contributed by atoms with Gasteiger partial charge in [-0.25, -0.2) is 0 Å². The number of hydrogen-bond acceptors (Lipinski definition) is 6. The molecule has 0 aromatic rings. The van der Waals surface area contributed by atoms with Crippen molar-refractivity contribution < 1.29 is 28.6 Å². The summed E-state index contributed by atoms with van der Waals surface area (Å²) in [5.41, 5.74) is 0. The number of ether oxygens (including phenoxy) is 3. The van der Waals surface area contributed by atoms with E-state index >= 15 is 0 Å². The first-order valence-electron chi connectivity index (χ1n) is 25.8. The van der Waals surface area contributed by atoms with Crippen LogP contribution in [0.2, 0.25) is 0 Å². The molecule has 1 atom stereocenters. The monoisotopic (exact) mass is 897 g/mol. The lowest BCUT2D eigenvalue weighted by atomic mass is 10.1. The normalized spacial score (nSPS) is 13.2. The summed E-state index contributed by atoms with van der Waals surface area (Å²) in [7, 11) is 0. The number of carbonyl (C=O) groups excluding carboxylic acids is 3. The molecule has 0 aliphatic carbocycles. The SMILES string of the molecule is CC\C=C/C=C\C=C/C=C\C=C\C=C/CCCCCC(=O)OC(COC(=O)CCCCCCC\C=C/C=C\C=C/C=C\CCCCC)COC(=O)CCCCCCC/C=C\CCCCC. The zero-order valence-electron chi connectivity index (χ0n) is 41.4. The van der Waals surface area contributed by atoms with Crippen LogP contribution >= 0.6 is 0 Å². The van der Waals surface area contributed by atoms with Crippen LogP contribution in [0.15, 0.2) is 134 Å². The molecule has 1 unspecified atom stereocenters. The van der Waals surface area contributed by atoms with E-state index in [0.29, 0.717) is 19.3 Å². The van der Waals surface area contributed by atoms with Crippen LogP contribution in [-0.4, -0.2) is 37.2 Å². The molecule has 0 rings (SSSR count). The van der Waals surface area contributed by atoms with Crippen molar-refractivity contribution in [1.82, 2.24) is 0 Å². The van der Waals surface area contributed by atoms with Gasteiger partial charge in [-0.2, -0.15) is 0 Å². The molecule has 0 saturated heterocycles. The molecule has 0 N–H and O–H groups in total. The molecular weight excluding hydrogens is 805 g/mol. The van der Waals surface area contributed by atoms with Crippen molar-refractivity contribution in [3.63, 3.8) is 0 Å². The van der Waals surface area contributed by atoms with Gasteiger partial charge in [0.2, 0.25) is 0 Å². The van der Waals surface area contributed by atoms with Gasteiger partial charge in [-0.15, -0.1) is 0 Å². The minimum absolute atomic E-state index is 0.114. The Bertz CT molecular complexity index is 1450. The van der Waals surface area contributed by atoms with E-state index in [1.807, 2.05) is 60.8 Å². The van der Waals surface area contributed by atoms with Gasteiger partial charge in [0, 0.05) is 19.3 Å². The molecule has 6 nitrogen and oxygen atoms in total. The molecule has 65 heavy (non-hydrogen) atoms. The topological polar surface area (TPSA) is 78.9 Å². The second kappa shape index (κ2) is 52.2. The van der Waals surface area contributed by atoms with Gasteiger partial charge in [0.15, 0.2) is 6.10 Å². The fraction of sp³-hybridized carbons (Fsp3) is 0.576. The van der Waals surface area contributed by atoms with E-state index in [1.54, 1.807) is 0 Å². The summed E-state index contributed by atoms with van der Waals surface area (Å²) in [5, 5.41) is 0. The third-order valence-electron chi connectivity index (χ3n) is 10.4. The predicted molar refractivity (Wildman–Crippen MR) is 279 cm³/mol. The van der Waals surface area contributed by atoms with Crippen LogP contribution < -0.4 is 0 Å². The Morgan fingerprint density at radius 2 is 0.615 bits per heavy atom. The van der Waals surface area contributed by atoms with Crippen molar-refractivity contribution >= 4 is 17.9 Å². The molecule has 0 aromatic carbocycles. The molecular formula is C59H92O6. The van der Waals surface area contributed by atoms with Crippen LogP contribution in [-0.2, 0) is 28.6 Å². The number of rotatable bonds is 44. The van der Waals surface area contributed by atoms with E-state index in [0.717, 1.165) is 103 Å². The van der Waals surface area contributed by atoms with Crippen LogP contribution in [0.3, 0.4) is 0 Å². The van der Waals surface area contributed by atoms with Gasteiger partial charge < -0.3 is 14.2 Å².